The van der Waals surface area contributed by atoms with Crippen LogP contribution in [0.2, 0.25) is 0 Å². The fourth-order valence-corrected chi connectivity index (χ4v) is 4.29. The Balaban J connectivity index is 2.12. The fraction of sp³-hybridized carbons (Fsp3) is 0.375. The molecule has 4 heteroatoms. The van der Waals surface area contributed by atoms with Crippen molar-refractivity contribution in [2.45, 2.75) is 37.4 Å². The Labute approximate surface area is 122 Å². The van der Waals surface area contributed by atoms with Crippen LogP contribution >= 0.6 is 11.8 Å². The molecule has 102 valence electrons. The van der Waals surface area contributed by atoms with Crippen LogP contribution in [-0.2, 0) is 18.4 Å². The molecule has 4 rings (SSSR count). The van der Waals surface area contributed by atoms with Gasteiger partial charge in [-0.25, -0.2) is 4.98 Å². The molecule has 0 fully saturated rings. The summed E-state index contributed by atoms with van der Waals surface area (Å²) >= 11 is 1.68. The van der Waals surface area contributed by atoms with E-state index >= 15 is 0 Å². The normalized spacial score (nSPS) is 18.3. The molecule has 2 aromatic rings. The highest BCUT2D eigenvalue weighted by molar-refractivity contribution is 7.99. The minimum absolute atomic E-state index is 0.150. The van der Waals surface area contributed by atoms with Crippen molar-refractivity contribution in [1.82, 2.24) is 9.55 Å². The van der Waals surface area contributed by atoms with E-state index in [1.165, 1.54) is 5.56 Å². The number of nitrogens with zero attached hydrogens (tertiary/aromatic N) is 2. The summed E-state index contributed by atoms with van der Waals surface area (Å²) in [6.45, 7) is 5.09. The maximum absolute atomic E-state index is 12.8. The van der Waals surface area contributed by atoms with Crippen molar-refractivity contribution >= 4 is 11.8 Å². The second kappa shape index (κ2) is 3.98. The summed E-state index contributed by atoms with van der Waals surface area (Å²) in [6, 6.07) is 8.34. The number of thioether (sulfide) groups is 1. The zero-order chi connectivity index (χ0) is 13.9. The average Bonchev–Trinajstić information content (AvgIpc) is 2.86. The molecule has 2 heterocycles. The van der Waals surface area contributed by atoms with Crippen LogP contribution in [0.15, 0.2) is 34.2 Å². The summed E-state index contributed by atoms with van der Waals surface area (Å²) in [6.07, 6.45) is 0.902. The standard InChI is InChI=1S/C16H16N2OS/c1-16(2)9-10-5-3-4-6-11(10)13-12(16)14(19)18-7-8-20-15(18)17-13/h3-6H,7-9H2,1-2H3. The minimum Gasteiger partial charge on any atom is -0.287 e. The first-order valence-electron chi connectivity index (χ1n) is 6.94. The first kappa shape index (κ1) is 12.2. The molecular weight excluding hydrogens is 268 g/mol. The number of benzene rings is 1. The number of hydrogen-bond acceptors (Lipinski definition) is 3. The molecule has 0 unspecified atom stereocenters. The Hall–Kier alpha value is -1.55. The van der Waals surface area contributed by atoms with Crippen LogP contribution in [-0.4, -0.2) is 15.3 Å². The predicted octanol–water partition coefficient (Wildman–Crippen LogP) is 2.85. The van der Waals surface area contributed by atoms with Crippen molar-refractivity contribution in [2.75, 3.05) is 5.75 Å². The molecular formula is C16H16N2OS. The Kier molecular flexibility index (Phi) is 2.43. The molecule has 2 aliphatic rings. The lowest BCUT2D eigenvalue weighted by molar-refractivity contribution is 0.490. The van der Waals surface area contributed by atoms with Crippen LogP contribution < -0.4 is 5.56 Å². The zero-order valence-corrected chi connectivity index (χ0v) is 12.5. The second-order valence-electron chi connectivity index (χ2n) is 6.14. The van der Waals surface area contributed by atoms with Gasteiger partial charge in [-0.3, -0.25) is 9.36 Å². The smallest absolute Gasteiger partial charge is 0.258 e. The average molecular weight is 284 g/mol. The number of fused-ring (bicyclic) bond motifs is 4. The molecule has 1 aromatic heterocycles. The summed E-state index contributed by atoms with van der Waals surface area (Å²) < 4.78 is 1.85. The number of rotatable bonds is 0. The third kappa shape index (κ3) is 1.54. The van der Waals surface area contributed by atoms with Crippen LogP contribution in [0.5, 0.6) is 0 Å². The van der Waals surface area contributed by atoms with Gasteiger partial charge in [-0.15, -0.1) is 0 Å². The third-order valence-corrected chi connectivity index (χ3v) is 5.22. The third-order valence-electron chi connectivity index (χ3n) is 4.26. The molecule has 1 aromatic carbocycles. The van der Waals surface area contributed by atoms with Gasteiger partial charge >= 0.3 is 0 Å². The summed E-state index contributed by atoms with van der Waals surface area (Å²) in [4.78, 5) is 17.7. The van der Waals surface area contributed by atoms with E-state index in [1.807, 2.05) is 10.6 Å². The SMILES string of the molecule is CC1(C)Cc2ccccc2-c2nc3n(c(=O)c21)CCS3. The molecule has 0 radical (unpaired) electrons. The highest BCUT2D eigenvalue weighted by atomic mass is 32.2. The van der Waals surface area contributed by atoms with E-state index in [0.29, 0.717) is 0 Å². The van der Waals surface area contributed by atoms with E-state index < -0.39 is 0 Å². The van der Waals surface area contributed by atoms with Crippen LogP contribution in [0.3, 0.4) is 0 Å². The van der Waals surface area contributed by atoms with Crippen molar-refractivity contribution in [3.8, 4) is 11.3 Å². The molecule has 0 bridgehead atoms. The van der Waals surface area contributed by atoms with Crippen molar-refractivity contribution in [3.05, 3.63) is 45.7 Å². The number of aromatic nitrogens is 2. The van der Waals surface area contributed by atoms with E-state index in [-0.39, 0.29) is 11.0 Å². The second-order valence-corrected chi connectivity index (χ2v) is 7.20. The predicted molar refractivity (Wildman–Crippen MR) is 81.4 cm³/mol. The largest absolute Gasteiger partial charge is 0.287 e. The maximum Gasteiger partial charge on any atom is 0.258 e. The highest BCUT2D eigenvalue weighted by Gasteiger charge is 2.36. The Bertz CT molecular complexity index is 777. The van der Waals surface area contributed by atoms with Gasteiger partial charge in [0.15, 0.2) is 5.16 Å². The Morgan fingerprint density at radius 3 is 2.95 bits per heavy atom. The number of hydrogen-bond donors (Lipinski definition) is 0. The molecule has 0 saturated heterocycles. The fourth-order valence-electron chi connectivity index (χ4n) is 3.35. The molecule has 0 N–H and O–H groups in total. The summed E-state index contributed by atoms with van der Waals surface area (Å²) in [5.74, 6) is 0.952. The van der Waals surface area contributed by atoms with Gasteiger partial charge in [-0.1, -0.05) is 49.9 Å². The summed E-state index contributed by atoms with van der Waals surface area (Å²) in [5, 5.41) is 0.876. The molecule has 1 aliphatic heterocycles. The van der Waals surface area contributed by atoms with E-state index in [0.717, 1.165) is 40.7 Å². The zero-order valence-electron chi connectivity index (χ0n) is 11.6. The van der Waals surface area contributed by atoms with Crippen molar-refractivity contribution in [1.29, 1.82) is 0 Å². The van der Waals surface area contributed by atoms with E-state index in [1.54, 1.807) is 11.8 Å². The monoisotopic (exact) mass is 284 g/mol. The van der Waals surface area contributed by atoms with Crippen LogP contribution in [0.1, 0.15) is 25.0 Å². The van der Waals surface area contributed by atoms with Crippen molar-refractivity contribution in [3.63, 3.8) is 0 Å². The van der Waals surface area contributed by atoms with Crippen molar-refractivity contribution in [2.24, 2.45) is 0 Å². The lowest BCUT2D eigenvalue weighted by atomic mass is 9.72. The van der Waals surface area contributed by atoms with E-state index in [2.05, 4.69) is 32.0 Å². The van der Waals surface area contributed by atoms with Gasteiger partial charge < -0.3 is 0 Å². The topological polar surface area (TPSA) is 34.9 Å². The Morgan fingerprint density at radius 1 is 1.30 bits per heavy atom. The quantitative estimate of drug-likeness (QED) is 0.698. The molecule has 3 nitrogen and oxygen atoms in total. The van der Waals surface area contributed by atoms with Gasteiger partial charge in [-0.05, 0) is 12.0 Å². The maximum atomic E-state index is 12.8. The van der Waals surface area contributed by atoms with Gasteiger partial charge in [0.2, 0.25) is 0 Å². The minimum atomic E-state index is -0.150. The first-order valence-corrected chi connectivity index (χ1v) is 7.93. The van der Waals surface area contributed by atoms with Gasteiger partial charge in [0, 0.05) is 28.8 Å². The van der Waals surface area contributed by atoms with Crippen LogP contribution in [0.4, 0.5) is 0 Å². The van der Waals surface area contributed by atoms with Gasteiger partial charge in [-0.2, -0.15) is 0 Å². The molecule has 0 amide bonds. The van der Waals surface area contributed by atoms with Gasteiger partial charge in [0.1, 0.15) is 0 Å². The van der Waals surface area contributed by atoms with Crippen molar-refractivity contribution < 1.29 is 0 Å². The van der Waals surface area contributed by atoms with Gasteiger partial charge in [0.25, 0.3) is 5.56 Å². The van der Waals surface area contributed by atoms with Crippen LogP contribution in [0, 0.1) is 0 Å². The van der Waals surface area contributed by atoms with E-state index in [4.69, 9.17) is 4.98 Å². The highest BCUT2D eigenvalue weighted by Crippen LogP contribution is 2.41. The lowest BCUT2D eigenvalue weighted by Crippen LogP contribution is -2.37. The van der Waals surface area contributed by atoms with Crippen LogP contribution in [0.25, 0.3) is 11.3 Å². The summed E-state index contributed by atoms with van der Waals surface area (Å²) in [7, 11) is 0. The summed E-state index contributed by atoms with van der Waals surface area (Å²) in [5.41, 5.74) is 4.24. The molecule has 0 spiro atoms. The molecule has 0 saturated carbocycles. The molecule has 0 atom stereocenters. The molecule has 1 aliphatic carbocycles. The lowest BCUT2D eigenvalue weighted by Gasteiger charge is -2.32. The van der Waals surface area contributed by atoms with E-state index in [9.17, 15) is 4.79 Å². The Morgan fingerprint density at radius 2 is 2.10 bits per heavy atom. The molecule has 20 heavy (non-hydrogen) atoms. The van der Waals surface area contributed by atoms with Gasteiger partial charge in [0.05, 0.1) is 5.69 Å². The first-order chi connectivity index (χ1) is 9.58.